The van der Waals surface area contributed by atoms with Crippen molar-refractivity contribution in [1.82, 2.24) is 5.43 Å². The number of hydrogen-bond donors (Lipinski definition) is 2. The second-order valence-electron chi connectivity index (χ2n) is 9.62. The van der Waals surface area contributed by atoms with Crippen LogP contribution >= 0.6 is 10.5 Å². The lowest BCUT2D eigenvalue weighted by molar-refractivity contribution is 0.702. The molecule has 0 fully saturated rings. The van der Waals surface area contributed by atoms with Crippen LogP contribution in [0.15, 0.2) is 82.0 Å². The van der Waals surface area contributed by atoms with Crippen molar-refractivity contribution in [1.29, 1.82) is 0 Å². The number of nitrogens with zero attached hydrogens (tertiary/aromatic N) is 1. The maximum atomic E-state index is 5.28. The van der Waals surface area contributed by atoms with E-state index in [9.17, 15) is 0 Å². The van der Waals surface area contributed by atoms with E-state index in [-0.39, 0.29) is 10.5 Å². The van der Waals surface area contributed by atoms with Gasteiger partial charge in [-0.05, 0) is 75.6 Å². The van der Waals surface area contributed by atoms with E-state index in [1.54, 1.807) is 6.20 Å². The highest BCUT2D eigenvalue weighted by Gasteiger charge is 2.04. The lowest BCUT2D eigenvalue weighted by Gasteiger charge is -2.09. The molecule has 3 N–H and O–H groups in total. The fraction of sp³-hybridized carbons (Fsp3) is 0.486. The number of nitrogens with one attached hydrogen (secondary N) is 1. The molecule has 2 aromatic carbocycles. The minimum absolute atomic E-state index is 0.148. The number of unbranched alkanes of at least 4 members (excludes halogenated alkanes) is 3. The minimum Gasteiger partial charge on any atom is -0.331 e. The zero-order valence-corrected chi connectivity index (χ0v) is 27.8. The summed E-state index contributed by atoms with van der Waals surface area (Å²) in [6.45, 7) is 21.2. The van der Waals surface area contributed by atoms with Crippen LogP contribution in [-0.4, -0.2) is 17.8 Å². The summed E-state index contributed by atoms with van der Waals surface area (Å²) in [5.74, 6) is 9.99. The number of aryl methyl sites for hydroxylation is 1. The molecule has 0 aliphatic carbocycles. The van der Waals surface area contributed by atoms with Gasteiger partial charge in [0.1, 0.15) is 0 Å². The van der Waals surface area contributed by atoms with Crippen LogP contribution in [0.3, 0.4) is 0 Å². The fourth-order valence-electron chi connectivity index (χ4n) is 3.23. The zero-order chi connectivity index (χ0) is 30.2. The number of benzene rings is 2. The molecule has 4 heteroatoms. The van der Waals surface area contributed by atoms with Crippen molar-refractivity contribution in [3.63, 3.8) is 0 Å². The quantitative estimate of drug-likeness (QED) is 0.101. The first kappa shape index (κ1) is 38.7. The van der Waals surface area contributed by atoms with E-state index in [2.05, 4.69) is 107 Å². The number of allylic oxidation sites excluding steroid dienone is 3. The van der Waals surface area contributed by atoms with Crippen molar-refractivity contribution in [3.8, 4) is 0 Å². The lowest BCUT2D eigenvalue weighted by Crippen LogP contribution is -2.14. The Morgan fingerprint density at radius 2 is 1.51 bits per heavy atom. The first-order chi connectivity index (χ1) is 18.6. The van der Waals surface area contributed by atoms with Gasteiger partial charge in [0.2, 0.25) is 0 Å². The maximum absolute atomic E-state index is 5.28. The molecule has 0 aliphatic heterocycles. The van der Waals surface area contributed by atoms with Crippen LogP contribution in [0.2, 0.25) is 0 Å². The number of hydrazine groups is 1. The largest absolute Gasteiger partial charge is 0.331 e. The number of hydrogen-bond acceptors (Lipinski definition) is 3. The van der Waals surface area contributed by atoms with E-state index in [4.69, 9.17) is 5.84 Å². The molecular weight excluding hydrogens is 494 g/mol. The molecule has 2 aromatic rings. The highest BCUT2D eigenvalue weighted by Crippen LogP contribution is 2.24. The molecule has 0 aromatic heterocycles. The van der Waals surface area contributed by atoms with Gasteiger partial charge in [-0.25, -0.2) is 0 Å². The van der Waals surface area contributed by atoms with Crippen molar-refractivity contribution >= 4 is 22.1 Å². The Morgan fingerprint density at radius 3 is 1.92 bits per heavy atom. The van der Waals surface area contributed by atoms with Crippen LogP contribution in [0.25, 0.3) is 0 Å². The predicted octanol–water partition coefficient (Wildman–Crippen LogP) is 10.6. The van der Waals surface area contributed by atoms with Gasteiger partial charge in [-0.2, -0.15) is 10.5 Å². The third-order valence-corrected chi connectivity index (χ3v) is 7.27. The van der Waals surface area contributed by atoms with Crippen LogP contribution in [0.5, 0.6) is 0 Å². The average Bonchev–Trinajstić information content (AvgIpc) is 2.95. The van der Waals surface area contributed by atoms with Gasteiger partial charge in [0, 0.05) is 22.4 Å². The fourth-order valence-corrected chi connectivity index (χ4v) is 3.83. The van der Waals surface area contributed by atoms with Gasteiger partial charge in [-0.1, -0.05) is 115 Å². The summed E-state index contributed by atoms with van der Waals surface area (Å²) >= 11 is 0. The molecule has 0 radical (unpaired) electrons. The lowest BCUT2D eigenvalue weighted by atomic mass is 9.99. The van der Waals surface area contributed by atoms with E-state index >= 15 is 0 Å². The van der Waals surface area contributed by atoms with Crippen LogP contribution < -0.4 is 11.3 Å². The smallest absolute Gasteiger partial charge is 0.0722 e. The van der Waals surface area contributed by atoms with Gasteiger partial charge in [-0.3, -0.25) is 10.8 Å². The summed E-state index contributed by atoms with van der Waals surface area (Å²) in [6.07, 6.45) is 12.5. The van der Waals surface area contributed by atoms with E-state index in [1.807, 2.05) is 39.0 Å². The molecule has 2 unspecified atom stereocenters. The Labute approximate surface area is 245 Å². The van der Waals surface area contributed by atoms with Gasteiger partial charge in [0.05, 0.1) is 5.71 Å². The Hall–Kier alpha value is -2.43. The van der Waals surface area contributed by atoms with Gasteiger partial charge in [0.25, 0.3) is 0 Å². The molecule has 0 amide bonds. The Balaban J connectivity index is 0. The molecule has 0 spiro atoms. The van der Waals surface area contributed by atoms with Crippen LogP contribution in [0.4, 0.5) is 0 Å². The van der Waals surface area contributed by atoms with Crippen molar-refractivity contribution < 1.29 is 0 Å². The number of rotatable bonds is 10. The molecule has 2 rings (SSSR count). The molecule has 220 valence electrons. The molecule has 0 saturated heterocycles. The summed E-state index contributed by atoms with van der Waals surface area (Å²) in [4.78, 5) is 6.01. The third-order valence-electron chi connectivity index (χ3n) is 6.19. The normalized spacial score (nSPS) is 12.1. The Kier molecular flexibility index (Phi) is 24.4. The van der Waals surface area contributed by atoms with E-state index in [0.29, 0.717) is 5.92 Å². The predicted molar refractivity (Wildman–Crippen MR) is 183 cm³/mol. The molecule has 0 aliphatic rings. The van der Waals surface area contributed by atoms with Crippen molar-refractivity contribution in [2.75, 3.05) is 6.26 Å². The minimum atomic E-state index is 0.148. The van der Waals surface area contributed by atoms with E-state index < -0.39 is 0 Å². The zero-order valence-electron chi connectivity index (χ0n) is 27.0. The Bertz CT molecular complexity index is 993. The molecule has 0 heterocycles. The Morgan fingerprint density at radius 1 is 0.974 bits per heavy atom. The second kappa shape index (κ2) is 24.6. The summed E-state index contributed by atoms with van der Waals surface area (Å²) in [6, 6.07) is 17.1. The van der Waals surface area contributed by atoms with Crippen molar-refractivity contribution in [3.05, 3.63) is 88.8 Å². The highest BCUT2D eigenvalue weighted by atomic mass is 32.2. The SMILES string of the molecule is C=S(C)c1ccc(C(C)CC)cc1.CC.CC(C)=C(C)N=C(/C=C\NN)c1ccccc1C.CCCCCC. The van der Waals surface area contributed by atoms with Crippen LogP contribution in [-0.2, 0) is 0 Å². The van der Waals surface area contributed by atoms with Gasteiger partial charge >= 0.3 is 0 Å². The average molecular weight is 554 g/mol. The van der Waals surface area contributed by atoms with Crippen LogP contribution in [0, 0.1) is 6.92 Å². The van der Waals surface area contributed by atoms with E-state index in [1.165, 1.54) is 53.7 Å². The van der Waals surface area contributed by atoms with Gasteiger partial charge < -0.3 is 5.43 Å². The van der Waals surface area contributed by atoms with Crippen molar-refractivity contribution in [2.24, 2.45) is 10.8 Å². The monoisotopic (exact) mass is 553 g/mol. The van der Waals surface area contributed by atoms with Crippen molar-refractivity contribution in [2.45, 2.75) is 112 Å². The molecular formula is C35H59N3S. The number of aliphatic imine (C=N–C) groups is 1. The van der Waals surface area contributed by atoms with Crippen LogP contribution in [0.1, 0.15) is 117 Å². The highest BCUT2D eigenvalue weighted by molar-refractivity contribution is 8.13. The van der Waals surface area contributed by atoms with E-state index in [0.717, 1.165) is 17.0 Å². The molecule has 2 atom stereocenters. The van der Waals surface area contributed by atoms with Gasteiger partial charge in [-0.15, -0.1) is 0 Å². The molecule has 0 bridgehead atoms. The summed E-state index contributed by atoms with van der Waals surface area (Å²) < 4.78 is 0. The third kappa shape index (κ3) is 17.7. The van der Waals surface area contributed by atoms with Gasteiger partial charge in [0.15, 0.2) is 0 Å². The topological polar surface area (TPSA) is 50.4 Å². The summed E-state index contributed by atoms with van der Waals surface area (Å²) in [7, 11) is 0.148. The first-order valence-corrected chi connectivity index (χ1v) is 16.4. The first-order valence-electron chi connectivity index (χ1n) is 14.6. The second-order valence-corrected chi connectivity index (χ2v) is 11.4. The summed E-state index contributed by atoms with van der Waals surface area (Å²) in [5.41, 5.74) is 9.40. The molecule has 3 nitrogen and oxygen atoms in total. The molecule has 0 saturated carbocycles. The standard InChI is InChI=1S/C15H21N3.C12H18S.C6H14.C2H6/c1-11(2)13(4)18-15(9-10-17-16)14-8-6-5-7-12(14)3;1-5-10(2)11-6-8-12(9-7-11)13(3)4;1-3-5-6-4-2;1-2/h5-10,17H,16H2,1-4H3;6-10H,3,5H2,1-2,4H3;3-6H2,1-2H3;1-2H3/b10-9-,18-15?;;;. The number of nitrogens with two attached hydrogens (primary N) is 1. The summed E-state index contributed by atoms with van der Waals surface area (Å²) in [5, 5.41) is 0. The maximum Gasteiger partial charge on any atom is 0.0722 e. The molecule has 39 heavy (non-hydrogen) atoms.